The lowest BCUT2D eigenvalue weighted by molar-refractivity contribution is 0.0275. The van der Waals surface area contributed by atoms with Gasteiger partial charge in [-0.3, -0.25) is 4.79 Å². The number of carbonyl (C=O) groups excluding carboxylic acids is 1. The molecule has 1 amide bonds. The van der Waals surface area contributed by atoms with E-state index in [1.807, 2.05) is 6.07 Å². The molecule has 0 radical (unpaired) electrons. The predicted octanol–water partition coefficient (Wildman–Crippen LogP) is 2.43. The van der Waals surface area contributed by atoms with Crippen molar-refractivity contribution in [3.8, 4) is 6.07 Å². The predicted molar refractivity (Wildman–Crippen MR) is 92.1 cm³/mol. The molecule has 2 N–H and O–H groups in total. The Balaban J connectivity index is 0.00000225. The molecular formula is C17H16ClFN4O2. The number of nitriles is 1. The minimum atomic E-state index is -0.575. The number of ether oxygens (including phenoxy) is 1. The first-order chi connectivity index (χ1) is 11.7. The van der Waals surface area contributed by atoms with Crippen molar-refractivity contribution in [2.24, 2.45) is 0 Å². The van der Waals surface area contributed by atoms with E-state index in [9.17, 15) is 9.18 Å². The number of hydrogen-bond acceptors (Lipinski definition) is 5. The molecule has 1 aromatic carbocycles. The van der Waals surface area contributed by atoms with E-state index >= 15 is 0 Å². The van der Waals surface area contributed by atoms with E-state index in [0.717, 1.165) is 6.54 Å². The topological polar surface area (TPSA) is 87.0 Å². The summed E-state index contributed by atoms with van der Waals surface area (Å²) in [7, 11) is 0. The highest BCUT2D eigenvalue weighted by Gasteiger charge is 2.18. The van der Waals surface area contributed by atoms with E-state index in [-0.39, 0.29) is 35.6 Å². The molecule has 1 saturated heterocycles. The van der Waals surface area contributed by atoms with Crippen LogP contribution in [0, 0.1) is 17.1 Å². The molecular weight excluding hydrogens is 347 g/mol. The van der Waals surface area contributed by atoms with Crippen molar-refractivity contribution in [3.63, 3.8) is 0 Å². The van der Waals surface area contributed by atoms with Crippen molar-refractivity contribution >= 4 is 24.0 Å². The SMILES string of the molecule is Cl.N#Cc1cccc(C(=O)Nc2ccc([C@H]3CNCCO3)cc2F)n1. The van der Waals surface area contributed by atoms with Gasteiger partial charge in [0, 0.05) is 13.1 Å². The highest BCUT2D eigenvalue weighted by molar-refractivity contribution is 6.03. The Kier molecular flexibility index (Phi) is 6.42. The zero-order valence-corrected chi connectivity index (χ0v) is 14.0. The first-order valence-corrected chi connectivity index (χ1v) is 7.47. The molecule has 1 fully saturated rings. The van der Waals surface area contributed by atoms with Crippen molar-refractivity contribution in [2.45, 2.75) is 6.10 Å². The molecule has 0 aliphatic carbocycles. The maximum absolute atomic E-state index is 14.3. The zero-order valence-electron chi connectivity index (χ0n) is 13.2. The van der Waals surface area contributed by atoms with Crippen LogP contribution in [0.15, 0.2) is 36.4 Å². The Bertz CT molecular complexity index is 803. The maximum Gasteiger partial charge on any atom is 0.274 e. The van der Waals surface area contributed by atoms with Crippen LogP contribution >= 0.6 is 12.4 Å². The number of anilines is 1. The van der Waals surface area contributed by atoms with Crippen LogP contribution in [-0.4, -0.2) is 30.6 Å². The highest BCUT2D eigenvalue weighted by atomic mass is 35.5. The van der Waals surface area contributed by atoms with Gasteiger partial charge in [0.15, 0.2) is 0 Å². The average Bonchev–Trinajstić information content (AvgIpc) is 2.64. The van der Waals surface area contributed by atoms with Gasteiger partial charge in [0.05, 0.1) is 18.4 Å². The Morgan fingerprint density at radius 3 is 2.92 bits per heavy atom. The first kappa shape index (κ1) is 18.8. The number of hydrogen-bond donors (Lipinski definition) is 2. The van der Waals surface area contributed by atoms with Crippen molar-refractivity contribution in [2.75, 3.05) is 25.0 Å². The van der Waals surface area contributed by atoms with Gasteiger partial charge in [0.25, 0.3) is 5.91 Å². The molecule has 1 aromatic heterocycles. The number of rotatable bonds is 3. The second kappa shape index (κ2) is 8.53. The number of pyridine rings is 1. The second-order valence-corrected chi connectivity index (χ2v) is 5.28. The van der Waals surface area contributed by atoms with Gasteiger partial charge in [-0.1, -0.05) is 12.1 Å². The summed E-state index contributed by atoms with van der Waals surface area (Å²) >= 11 is 0. The maximum atomic E-state index is 14.3. The quantitative estimate of drug-likeness (QED) is 0.875. The fourth-order valence-corrected chi connectivity index (χ4v) is 2.42. The third kappa shape index (κ3) is 4.51. The number of morpholine rings is 1. The number of nitrogens with zero attached hydrogens (tertiary/aromatic N) is 2. The van der Waals surface area contributed by atoms with Crippen LogP contribution in [0.1, 0.15) is 27.8 Å². The fourth-order valence-electron chi connectivity index (χ4n) is 2.42. The van der Waals surface area contributed by atoms with E-state index in [1.54, 1.807) is 12.1 Å². The standard InChI is InChI=1S/C17H15FN4O2.ClH/c18-13-8-11(16-10-20-6-7-24-16)4-5-14(13)22-17(23)15-3-1-2-12(9-19)21-15;/h1-5,8,16,20H,6-7,10H2,(H,22,23);1H/t16-;/m1./s1. The molecule has 6 nitrogen and oxygen atoms in total. The molecule has 0 spiro atoms. The minimum Gasteiger partial charge on any atom is -0.371 e. The molecule has 0 saturated carbocycles. The van der Waals surface area contributed by atoms with Crippen LogP contribution in [0.5, 0.6) is 0 Å². The van der Waals surface area contributed by atoms with Gasteiger partial charge in [-0.25, -0.2) is 9.37 Å². The molecule has 1 atom stereocenters. The third-order valence-corrected chi connectivity index (χ3v) is 3.64. The van der Waals surface area contributed by atoms with Crippen molar-refractivity contribution in [1.82, 2.24) is 10.3 Å². The third-order valence-electron chi connectivity index (χ3n) is 3.64. The smallest absolute Gasteiger partial charge is 0.274 e. The summed E-state index contributed by atoms with van der Waals surface area (Å²) in [6.45, 7) is 1.98. The monoisotopic (exact) mass is 362 g/mol. The van der Waals surface area contributed by atoms with Crippen molar-refractivity contribution < 1.29 is 13.9 Å². The highest BCUT2D eigenvalue weighted by Crippen LogP contribution is 2.23. The molecule has 25 heavy (non-hydrogen) atoms. The van der Waals surface area contributed by atoms with Gasteiger partial charge in [-0.05, 0) is 29.8 Å². The minimum absolute atomic E-state index is 0. The lowest BCUT2D eigenvalue weighted by atomic mass is 10.1. The van der Waals surface area contributed by atoms with E-state index in [2.05, 4.69) is 15.6 Å². The number of benzene rings is 1. The summed E-state index contributed by atoms with van der Waals surface area (Å²) in [5, 5.41) is 14.5. The van der Waals surface area contributed by atoms with Crippen molar-refractivity contribution in [3.05, 3.63) is 59.2 Å². The van der Waals surface area contributed by atoms with E-state index in [4.69, 9.17) is 10.00 Å². The summed E-state index contributed by atoms with van der Waals surface area (Å²) < 4.78 is 19.8. The molecule has 2 aromatic rings. The molecule has 0 bridgehead atoms. The van der Waals surface area contributed by atoms with E-state index < -0.39 is 11.7 Å². The molecule has 3 rings (SSSR count). The van der Waals surface area contributed by atoms with Crippen LogP contribution in [0.4, 0.5) is 10.1 Å². The van der Waals surface area contributed by atoms with Crippen LogP contribution in [0.2, 0.25) is 0 Å². The van der Waals surface area contributed by atoms with Gasteiger partial charge < -0.3 is 15.4 Å². The van der Waals surface area contributed by atoms with Gasteiger partial charge in [-0.15, -0.1) is 12.4 Å². The van der Waals surface area contributed by atoms with Crippen molar-refractivity contribution in [1.29, 1.82) is 5.26 Å². The molecule has 1 aliphatic rings. The molecule has 8 heteroatoms. The summed E-state index contributed by atoms with van der Waals surface area (Å²) in [5.41, 5.74) is 0.941. The van der Waals surface area contributed by atoms with Crippen LogP contribution < -0.4 is 10.6 Å². The molecule has 130 valence electrons. The van der Waals surface area contributed by atoms with E-state index in [0.29, 0.717) is 18.7 Å². The summed E-state index contributed by atoms with van der Waals surface area (Å²) in [4.78, 5) is 16.0. The zero-order chi connectivity index (χ0) is 16.9. The average molecular weight is 363 g/mol. The second-order valence-electron chi connectivity index (χ2n) is 5.28. The number of halogens is 2. The van der Waals surface area contributed by atoms with Gasteiger partial charge in [0.2, 0.25) is 0 Å². The Morgan fingerprint density at radius 1 is 1.40 bits per heavy atom. The number of amides is 1. The summed E-state index contributed by atoms with van der Waals surface area (Å²) in [6, 6.07) is 10.9. The number of nitrogens with one attached hydrogen (secondary N) is 2. The summed E-state index contributed by atoms with van der Waals surface area (Å²) in [6.07, 6.45) is -0.202. The first-order valence-electron chi connectivity index (χ1n) is 7.47. The van der Waals surface area contributed by atoms with E-state index in [1.165, 1.54) is 24.3 Å². The number of carbonyl (C=O) groups is 1. The largest absolute Gasteiger partial charge is 0.371 e. The lowest BCUT2D eigenvalue weighted by Crippen LogP contribution is -2.33. The Labute approximate surface area is 150 Å². The van der Waals surface area contributed by atoms with Crippen LogP contribution in [0.3, 0.4) is 0 Å². The summed E-state index contributed by atoms with van der Waals surface area (Å²) in [5.74, 6) is -1.12. The lowest BCUT2D eigenvalue weighted by Gasteiger charge is -2.24. The van der Waals surface area contributed by atoms with Gasteiger partial charge in [-0.2, -0.15) is 5.26 Å². The fraction of sp³-hybridized carbons (Fsp3) is 0.235. The van der Waals surface area contributed by atoms with Crippen LogP contribution in [-0.2, 0) is 4.74 Å². The Morgan fingerprint density at radius 2 is 2.24 bits per heavy atom. The number of aromatic nitrogens is 1. The van der Waals surface area contributed by atoms with Gasteiger partial charge >= 0.3 is 0 Å². The van der Waals surface area contributed by atoms with Gasteiger partial charge in [0.1, 0.15) is 23.3 Å². The molecule has 1 aliphatic heterocycles. The molecule has 2 heterocycles. The normalized spacial score (nSPS) is 16.4. The molecule has 0 unspecified atom stereocenters. The van der Waals surface area contributed by atoms with Crippen LogP contribution in [0.25, 0.3) is 0 Å². The Hall–Kier alpha value is -2.53.